The van der Waals surface area contributed by atoms with Crippen molar-refractivity contribution in [2.24, 2.45) is 13.0 Å². The van der Waals surface area contributed by atoms with Crippen molar-refractivity contribution in [3.63, 3.8) is 0 Å². The van der Waals surface area contributed by atoms with Crippen LogP contribution in [0.4, 0.5) is 8.78 Å². The van der Waals surface area contributed by atoms with Crippen LogP contribution in [0.3, 0.4) is 0 Å². The zero-order valence-corrected chi connectivity index (χ0v) is 17.2. The minimum absolute atomic E-state index is 0.236. The van der Waals surface area contributed by atoms with E-state index in [9.17, 15) is 13.6 Å². The molecule has 0 saturated heterocycles. The fourth-order valence-corrected chi connectivity index (χ4v) is 3.50. The number of rotatable bonds is 9. The van der Waals surface area contributed by atoms with E-state index in [-0.39, 0.29) is 5.56 Å². The van der Waals surface area contributed by atoms with E-state index in [1.807, 2.05) is 12.1 Å². The van der Waals surface area contributed by atoms with E-state index >= 15 is 0 Å². The number of hydrogen-bond donors (Lipinski definition) is 0. The molecule has 3 heterocycles. The molecule has 1 saturated carbocycles. The normalized spacial score (nSPS) is 17.7. The number of aryl methyl sites for hydroxylation is 3. The lowest BCUT2D eigenvalue weighted by molar-refractivity contribution is 0.0565. The van der Waals surface area contributed by atoms with Crippen LogP contribution in [0.2, 0.25) is 0 Å². The largest absolute Gasteiger partial charge is 0.495 e. The molecule has 164 valence electrons. The molecular formula is C21H23F2N5O3. The van der Waals surface area contributed by atoms with Gasteiger partial charge in [0, 0.05) is 42.4 Å². The second kappa shape index (κ2) is 8.83. The summed E-state index contributed by atoms with van der Waals surface area (Å²) >= 11 is 0. The lowest BCUT2D eigenvalue weighted by atomic mass is 10.1. The quantitative estimate of drug-likeness (QED) is 0.518. The highest BCUT2D eigenvalue weighted by Crippen LogP contribution is 2.46. The number of ether oxygens (including phenoxy) is 2. The summed E-state index contributed by atoms with van der Waals surface area (Å²) in [7, 11) is 3.17. The zero-order chi connectivity index (χ0) is 22.0. The first-order valence-electron chi connectivity index (χ1n) is 9.95. The Morgan fingerprint density at radius 2 is 2.10 bits per heavy atom. The van der Waals surface area contributed by atoms with Gasteiger partial charge in [-0.25, -0.2) is 9.36 Å². The third-order valence-electron chi connectivity index (χ3n) is 5.40. The van der Waals surface area contributed by atoms with Crippen LogP contribution < -0.4 is 15.0 Å². The number of alkyl halides is 2. The van der Waals surface area contributed by atoms with Crippen molar-refractivity contribution in [2.75, 3.05) is 13.7 Å². The Morgan fingerprint density at radius 1 is 1.26 bits per heavy atom. The van der Waals surface area contributed by atoms with Crippen LogP contribution in [0, 0.1) is 5.92 Å². The summed E-state index contributed by atoms with van der Waals surface area (Å²) < 4.78 is 38.1. The lowest BCUT2D eigenvalue weighted by Crippen LogP contribution is -2.24. The molecule has 2 atom stereocenters. The van der Waals surface area contributed by atoms with Crippen LogP contribution in [-0.4, -0.2) is 38.3 Å². The number of nitrogens with zero attached hydrogens (tertiary/aromatic N) is 5. The zero-order valence-electron chi connectivity index (χ0n) is 17.2. The molecule has 0 radical (unpaired) electrons. The molecule has 31 heavy (non-hydrogen) atoms. The minimum atomic E-state index is -2.68. The standard InChI is InChI=1S/C21H23F2N5O3/c1-27-20(29)14(4-3-13-9-25-28(11-13)21(22)23)8-19(26-27)31-12-15-7-17(15)18-6-5-16(30-2)10-24-18/h5-6,8-11,15,17,21H,3-4,7,12H2,1-2H3/t15-,17+/m1/s1. The van der Waals surface area contributed by atoms with Crippen molar-refractivity contribution in [2.45, 2.75) is 31.7 Å². The fraction of sp³-hybridized carbons (Fsp3) is 0.429. The molecule has 8 nitrogen and oxygen atoms in total. The molecule has 1 aliphatic rings. The van der Waals surface area contributed by atoms with Crippen LogP contribution in [0.25, 0.3) is 0 Å². The smallest absolute Gasteiger partial charge is 0.333 e. The van der Waals surface area contributed by atoms with Crippen molar-refractivity contribution in [1.29, 1.82) is 0 Å². The Bertz CT molecular complexity index is 1100. The number of methoxy groups -OCH3 is 1. The molecule has 3 aromatic rings. The maximum absolute atomic E-state index is 12.7. The van der Waals surface area contributed by atoms with Gasteiger partial charge in [-0.2, -0.15) is 13.9 Å². The first kappa shape index (κ1) is 21.0. The van der Waals surface area contributed by atoms with Gasteiger partial charge in [-0.3, -0.25) is 9.78 Å². The van der Waals surface area contributed by atoms with Gasteiger partial charge in [0.2, 0.25) is 5.88 Å². The Kier molecular flexibility index (Phi) is 5.97. The van der Waals surface area contributed by atoms with Gasteiger partial charge in [-0.1, -0.05) is 0 Å². The number of hydrogen-bond acceptors (Lipinski definition) is 6. The van der Waals surface area contributed by atoms with E-state index < -0.39 is 6.55 Å². The van der Waals surface area contributed by atoms with Crippen molar-refractivity contribution in [3.05, 3.63) is 64.0 Å². The summed E-state index contributed by atoms with van der Waals surface area (Å²) in [6.45, 7) is -2.20. The molecule has 1 fully saturated rings. The molecule has 0 aromatic carbocycles. The lowest BCUT2D eigenvalue weighted by Gasteiger charge is -2.09. The first-order valence-corrected chi connectivity index (χ1v) is 9.95. The Morgan fingerprint density at radius 3 is 2.77 bits per heavy atom. The minimum Gasteiger partial charge on any atom is -0.495 e. The molecule has 1 aliphatic carbocycles. The topological polar surface area (TPSA) is 84.1 Å². The van der Waals surface area contributed by atoms with Crippen LogP contribution in [0.15, 0.2) is 41.6 Å². The highest BCUT2D eigenvalue weighted by atomic mass is 19.3. The summed E-state index contributed by atoms with van der Waals surface area (Å²) in [6.07, 6.45) is 6.15. The van der Waals surface area contributed by atoms with Gasteiger partial charge in [0.15, 0.2) is 0 Å². The second-order valence-corrected chi connectivity index (χ2v) is 7.58. The predicted octanol–water partition coefficient (Wildman–Crippen LogP) is 2.74. The second-order valence-electron chi connectivity index (χ2n) is 7.58. The van der Waals surface area contributed by atoms with E-state index in [2.05, 4.69) is 15.2 Å². The SMILES string of the molecule is COc1ccc([C@H]2C[C@@H]2COc2cc(CCc3cnn(C(F)F)c3)c(=O)n(C)n2)nc1. The van der Waals surface area contributed by atoms with Crippen LogP contribution in [0.1, 0.15) is 35.7 Å². The summed E-state index contributed by atoms with van der Waals surface area (Å²) in [5.74, 6) is 1.77. The average Bonchev–Trinajstić information content (AvgIpc) is 3.39. The molecule has 3 aromatic heterocycles. The molecule has 0 bridgehead atoms. The van der Waals surface area contributed by atoms with E-state index in [0.29, 0.717) is 53.0 Å². The predicted molar refractivity (Wildman–Crippen MR) is 107 cm³/mol. The Balaban J connectivity index is 1.35. The molecule has 0 amide bonds. The number of aromatic nitrogens is 5. The average molecular weight is 431 g/mol. The molecule has 0 unspecified atom stereocenters. The first-order chi connectivity index (χ1) is 14.9. The number of halogens is 2. The molecule has 10 heteroatoms. The molecule has 0 N–H and O–H groups in total. The Hall–Kier alpha value is -3.30. The number of pyridine rings is 1. The van der Waals surface area contributed by atoms with E-state index in [0.717, 1.165) is 17.9 Å². The van der Waals surface area contributed by atoms with Crippen molar-refractivity contribution in [3.8, 4) is 11.6 Å². The van der Waals surface area contributed by atoms with Crippen LogP contribution in [0.5, 0.6) is 11.6 Å². The van der Waals surface area contributed by atoms with Crippen molar-refractivity contribution in [1.82, 2.24) is 24.5 Å². The monoisotopic (exact) mass is 431 g/mol. The molecule has 4 rings (SSSR count). The van der Waals surface area contributed by atoms with Gasteiger partial charge >= 0.3 is 6.55 Å². The highest BCUT2D eigenvalue weighted by molar-refractivity contribution is 5.25. The van der Waals surface area contributed by atoms with Gasteiger partial charge in [0.25, 0.3) is 5.56 Å². The van der Waals surface area contributed by atoms with Gasteiger partial charge in [0.05, 0.1) is 26.1 Å². The van der Waals surface area contributed by atoms with Crippen molar-refractivity contribution >= 4 is 0 Å². The molecule has 0 spiro atoms. The van der Waals surface area contributed by atoms with Crippen molar-refractivity contribution < 1.29 is 18.3 Å². The van der Waals surface area contributed by atoms with Gasteiger partial charge in [-0.05, 0) is 37.0 Å². The van der Waals surface area contributed by atoms with Crippen LogP contribution in [-0.2, 0) is 19.9 Å². The maximum Gasteiger partial charge on any atom is 0.333 e. The van der Waals surface area contributed by atoms with Gasteiger partial charge < -0.3 is 9.47 Å². The maximum atomic E-state index is 12.7. The Labute approximate surface area is 177 Å². The van der Waals surface area contributed by atoms with E-state index in [1.165, 1.54) is 17.1 Å². The van der Waals surface area contributed by atoms with E-state index in [1.54, 1.807) is 26.4 Å². The summed E-state index contributed by atoms with van der Waals surface area (Å²) in [6, 6.07) is 5.48. The third kappa shape index (κ3) is 4.89. The highest BCUT2D eigenvalue weighted by Gasteiger charge is 2.40. The van der Waals surface area contributed by atoms with Crippen LogP contribution >= 0.6 is 0 Å². The fourth-order valence-electron chi connectivity index (χ4n) is 3.50. The molecule has 0 aliphatic heterocycles. The molecular weight excluding hydrogens is 408 g/mol. The van der Waals surface area contributed by atoms with Gasteiger partial charge in [0.1, 0.15) is 5.75 Å². The summed E-state index contributed by atoms with van der Waals surface area (Å²) in [5.41, 5.74) is 1.92. The third-order valence-corrected chi connectivity index (χ3v) is 5.40. The summed E-state index contributed by atoms with van der Waals surface area (Å²) in [4.78, 5) is 16.8. The van der Waals surface area contributed by atoms with Gasteiger partial charge in [-0.15, -0.1) is 5.10 Å². The van der Waals surface area contributed by atoms with E-state index in [4.69, 9.17) is 9.47 Å². The summed E-state index contributed by atoms with van der Waals surface area (Å²) in [5, 5.41) is 7.79.